The molecule has 0 atom stereocenters. The van der Waals surface area contributed by atoms with Gasteiger partial charge in [-0.15, -0.1) is 0 Å². The Balaban J connectivity index is 1.64. The van der Waals surface area contributed by atoms with Crippen LogP contribution in [0.1, 0.15) is 12.1 Å². The zero-order chi connectivity index (χ0) is 16.7. The van der Waals surface area contributed by atoms with Crippen molar-refractivity contribution in [1.29, 1.82) is 0 Å². The van der Waals surface area contributed by atoms with Gasteiger partial charge in [-0.3, -0.25) is 14.7 Å². The number of piperazine rings is 1. The quantitative estimate of drug-likeness (QED) is 0.745. The van der Waals surface area contributed by atoms with E-state index < -0.39 is 12.8 Å². The first-order valence-corrected chi connectivity index (χ1v) is 7.48. The van der Waals surface area contributed by atoms with Gasteiger partial charge in [-0.1, -0.05) is 6.07 Å². The minimum atomic E-state index is -4.35. The van der Waals surface area contributed by atoms with Crippen LogP contribution in [0.25, 0.3) is 0 Å². The van der Waals surface area contributed by atoms with E-state index >= 15 is 0 Å². The minimum Gasteiger partial charge on any atom is -0.372 e. The number of ether oxygens (including phenoxy) is 1. The van der Waals surface area contributed by atoms with Crippen LogP contribution < -0.4 is 0 Å². The van der Waals surface area contributed by atoms with Crippen LogP contribution in [-0.2, 0) is 16.1 Å². The van der Waals surface area contributed by atoms with Crippen molar-refractivity contribution in [2.75, 3.05) is 39.4 Å². The molecule has 0 radical (unpaired) electrons. The average molecular weight is 331 g/mol. The number of aromatic nitrogens is 1. The van der Waals surface area contributed by atoms with E-state index in [9.17, 15) is 18.0 Å². The van der Waals surface area contributed by atoms with E-state index in [4.69, 9.17) is 0 Å². The van der Waals surface area contributed by atoms with E-state index in [0.29, 0.717) is 13.1 Å². The third-order valence-corrected chi connectivity index (χ3v) is 3.56. The second-order valence-electron chi connectivity index (χ2n) is 5.40. The normalized spacial score (nSPS) is 16.6. The van der Waals surface area contributed by atoms with Gasteiger partial charge in [0, 0.05) is 38.9 Å². The summed E-state index contributed by atoms with van der Waals surface area (Å²) in [5.41, 5.74) is 0.979. The lowest BCUT2D eigenvalue weighted by Gasteiger charge is -2.34. The molecule has 0 aliphatic carbocycles. The molecular weight excluding hydrogens is 311 g/mol. The van der Waals surface area contributed by atoms with E-state index in [2.05, 4.69) is 14.6 Å². The predicted octanol–water partition coefficient (Wildman–Crippen LogP) is 1.69. The van der Waals surface area contributed by atoms with Crippen molar-refractivity contribution in [3.05, 3.63) is 30.1 Å². The molecule has 1 aromatic heterocycles. The van der Waals surface area contributed by atoms with Crippen LogP contribution in [0.4, 0.5) is 13.2 Å². The molecule has 0 aromatic carbocycles. The molecule has 1 amide bonds. The van der Waals surface area contributed by atoms with Gasteiger partial charge in [0.25, 0.3) is 0 Å². The number of alkyl halides is 3. The fraction of sp³-hybridized carbons (Fsp3) is 0.600. The summed E-state index contributed by atoms with van der Waals surface area (Å²) in [7, 11) is 0. The number of amides is 1. The van der Waals surface area contributed by atoms with Gasteiger partial charge in [-0.05, 0) is 12.1 Å². The minimum absolute atomic E-state index is 0.0175. The maximum absolute atomic E-state index is 11.9. The first kappa shape index (κ1) is 17.7. The number of halogens is 3. The molecule has 0 unspecified atom stereocenters. The molecule has 0 bridgehead atoms. The number of hydrogen-bond donors (Lipinski definition) is 0. The van der Waals surface area contributed by atoms with E-state index in [1.54, 1.807) is 11.1 Å². The van der Waals surface area contributed by atoms with Crippen molar-refractivity contribution >= 4 is 5.91 Å². The Labute approximate surface area is 133 Å². The van der Waals surface area contributed by atoms with Crippen molar-refractivity contribution in [3.63, 3.8) is 0 Å². The van der Waals surface area contributed by atoms with Gasteiger partial charge < -0.3 is 9.64 Å². The van der Waals surface area contributed by atoms with E-state index in [0.717, 1.165) is 25.3 Å². The average Bonchev–Trinajstić information content (AvgIpc) is 2.52. The fourth-order valence-electron chi connectivity index (χ4n) is 2.38. The van der Waals surface area contributed by atoms with Crippen molar-refractivity contribution in [2.24, 2.45) is 0 Å². The second kappa shape index (κ2) is 8.26. The van der Waals surface area contributed by atoms with Gasteiger partial charge in [0.1, 0.15) is 6.61 Å². The molecule has 0 spiro atoms. The number of hydrogen-bond acceptors (Lipinski definition) is 4. The Morgan fingerprint density at radius 3 is 2.57 bits per heavy atom. The zero-order valence-corrected chi connectivity index (χ0v) is 12.8. The fourth-order valence-corrected chi connectivity index (χ4v) is 2.38. The Hall–Kier alpha value is -1.67. The standard InChI is InChI=1S/C15H20F3N3O2/c16-15(17,18)12-23-10-4-14(22)21-8-6-20(7-9-21)11-13-3-1-2-5-19-13/h1-3,5H,4,6-12H2. The highest BCUT2D eigenvalue weighted by atomic mass is 19.4. The van der Waals surface area contributed by atoms with Crippen LogP contribution in [0.2, 0.25) is 0 Å². The van der Waals surface area contributed by atoms with Gasteiger partial charge in [-0.2, -0.15) is 13.2 Å². The summed E-state index contributed by atoms with van der Waals surface area (Å²) in [5, 5.41) is 0. The summed E-state index contributed by atoms with van der Waals surface area (Å²) in [6.45, 7) is 1.83. The topological polar surface area (TPSA) is 45.7 Å². The Morgan fingerprint density at radius 1 is 1.22 bits per heavy atom. The summed E-state index contributed by atoms with van der Waals surface area (Å²) < 4.78 is 40.2. The van der Waals surface area contributed by atoms with Crippen molar-refractivity contribution in [1.82, 2.24) is 14.8 Å². The molecule has 2 heterocycles. The second-order valence-corrected chi connectivity index (χ2v) is 5.40. The third-order valence-electron chi connectivity index (χ3n) is 3.56. The molecule has 1 saturated heterocycles. The van der Waals surface area contributed by atoms with Gasteiger partial charge in [-0.25, -0.2) is 0 Å². The third kappa shape index (κ3) is 6.54. The summed E-state index contributed by atoms with van der Waals surface area (Å²) in [5.74, 6) is -0.162. The Morgan fingerprint density at radius 2 is 1.96 bits per heavy atom. The lowest BCUT2D eigenvalue weighted by atomic mass is 10.2. The predicted molar refractivity (Wildman–Crippen MR) is 77.6 cm³/mol. The summed E-state index contributed by atoms with van der Waals surface area (Å²) in [6.07, 6.45) is -2.62. The lowest BCUT2D eigenvalue weighted by molar-refractivity contribution is -0.175. The van der Waals surface area contributed by atoms with Crippen LogP contribution in [0.5, 0.6) is 0 Å². The highest BCUT2D eigenvalue weighted by molar-refractivity contribution is 5.76. The molecule has 128 valence electrons. The smallest absolute Gasteiger partial charge is 0.372 e. The molecule has 0 N–H and O–H groups in total. The number of rotatable bonds is 6. The first-order valence-electron chi connectivity index (χ1n) is 7.48. The van der Waals surface area contributed by atoms with Crippen molar-refractivity contribution < 1.29 is 22.7 Å². The van der Waals surface area contributed by atoms with E-state index in [-0.39, 0.29) is 18.9 Å². The molecule has 1 aliphatic heterocycles. The van der Waals surface area contributed by atoms with E-state index in [1.165, 1.54) is 0 Å². The number of carbonyl (C=O) groups is 1. The monoisotopic (exact) mass is 331 g/mol. The molecule has 1 aliphatic rings. The van der Waals surface area contributed by atoms with Gasteiger partial charge >= 0.3 is 6.18 Å². The highest BCUT2D eigenvalue weighted by Gasteiger charge is 2.27. The van der Waals surface area contributed by atoms with Crippen LogP contribution >= 0.6 is 0 Å². The van der Waals surface area contributed by atoms with Crippen LogP contribution in [0, 0.1) is 0 Å². The zero-order valence-electron chi connectivity index (χ0n) is 12.8. The Bertz CT molecular complexity index is 488. The molecule has 0 saturated carbocycles. The first-order chi connectivity index (χ1) is 10.9. The highest BCUT2D eigenvalue weighted by Crippen LogP contribution is 2.14. The van der Waals surface area contributed by atoms with Crippen LogP contribution in [0.3, 0.4) is 0 Å². The Kier molecular flexibility index (Phi) is 6.35. The molecule has 23 heavy (non-hydrogen) atoms. The maximum Gasteiger partial charge on any atom is 0.411 e. The van der Waals surface area contributed by atoms with Crippen molar-refractivity contribution in [2.45, 2.75) is 19.1 Å². The van der Waals surface area contributed by atoms with Gasteiger partial charge in [0.05, 0.1) is 18.7 Å². The summed E-state index contributed by atoms with van der Waals surface area (Å²) >= 11 is 0. The molecule has 8 heteroatoms. The molecule has 1 fully saturated rings. The summed E-state index contributed by atoms with van der Waals surface area (Å²) in [6, 6.07) is 5.75. The van der Waals surface area contributed by atoms with Gasteiger partial charge in [0.2, 0.25) is 5.91 Å². The van der Waals surface area contributed by atoms with Crippen LogP contribution in [0.15, 0.2) is 24.4 Å². The van der Waals surface area contributed by atoms with E-state index in [1.807, 2.05) is 18.2 Å². The molecular formula is C15H20F3N3O2. The van der Waals surface area contributed by atoms with Crippen molar-refractivity contribution in [3.8, 4) is 0 Å². The summed E-state index contributed by atoms with van der Waals surface area (Å²) in [4.78, 5) is 20.1. The largest absolute Gasteiger partial charge is 0.411 e. The molecule has 2 rings (SSSR count). The van der Waals surface area contributed by atoms with Gasteiger partial charge in [0.15, 0.2) is 0 Å². The molecule has 1 aromatic rings. The lowest BCUT2D eigenvalue weighted by Crippen LogP contribution is -2.48. The number of nitrogens with zero attached hydrogens (tertiary/aromatic N) is 3. The number of carbonyl (C=O) groups excluding carboxylic acids is 1. The van der Waals surface area contributed by atoms with Crippen LogP contribution in [-0.4, -0.2) is 66.3 Å². The number of pyridine rings is 1. The molecule has 5 nitrogen and oxygen atoms in total. The maximum atomic E-state index is 11.9. The SMILES string of the molecule is O=C(CCOCC(F)(F)F)N1CCN(Cc2ccccn2)CC1.